The third kappa shape index (κ3) is 4.66. The average molecular weight is 673 g/mol. The van der Waals surface area contributed by atoms with Gasteiger partial charge >= 0.3 is 0 Å². The molecule has 0 amide bonds. The minimum Gasteiger partial charge on any atom is -0.203 e. The number of rotatable bonds is 4. The van der Waals surface area contributed by atoms with Gasteiger partial charge in [0.2, 0.25) is 0 Å². The molecule has 0 heterocycles. The molecule has 3 aromatic rings. The Kier molecular flexibility index (Phi) is 8.72. The molecule has 0 aromatic heterocycles. The second kappa shape index (κ2) is 12.2. The van der Waals surface area contributed by atoms with Gasteiger partial charge in [0.05, 0.1) is 34.3 Å². The summed E-state index contributed by atoms with van der Waals surface area (Å²) >= 11 is 0. The molecule has 3 aromatic carbocycles. The Labute approximate surface area is 259 Å². The zero-order valence-electron chi connectivity index (χ0n) is 22.5. The Bertz CT molecular complexity index is 2150. The number of hydrogen-bond acceptors (Lipinski definition) is 5. The normalized spacial score (nSPS) is 16.0. The summed E-state index contributed by atoms with van der Waals surface area (Å²) < 4.78 is 178. The van der Waals surface area contributed by atoms with Gasteiger partial charge in [0.1, 0.15) is 41.0 Å². The maximum atomic E-state index is 15.1. The van der Waals surface area contributed by atoms with Crippen LogP contribution in [0, 0.1) is 145 Å². The van der Waals surface area contributed by atoms with Gasteiger partial charge in [-0.3, -0.25) is 0 Å². The highest BCUT2D eigenvalue weighted by atomic mass is 19.2. The minimum absolute atomic E-state index is 0.784. The van der Waals surface area contributed by atoms with Crippen LogP contribution in [0.1, 0.15) is 39.3 Å². The molecular weight excluding hydrogens is 670 g/mol. The molecule has 2 atom stereocenters. The van der Waals surface area contributed by atoms with Crippen LogP contribution in [-0.4, -0.2) is 0 Å². The maximum Gasteiger partial charge on any atom is 0.180 e. The van der Waals surface area contributed by atoms with E-state index in [9.17, 15) is 42.1 Å². The van der Waals surface area contributed by atoms with E-state index in [4.69, 9.17) is 16.9 Å². The third-order valence-electron chi connectivity index (χ3n) is 7.07. The first-order chi connectivity index (χ1) is 22.6. The molecule has 48 heavy (non-hydrogen) atoms. The summed E-state index contributed by atoms with van der Waals surface area (Å²) in [5.41, 5.74) is -17.2. The fraction of sp³-hybridized carbons (Fsp3) is 0.0645. The molecule has 1 aliphatic rings. The summed E-state index contributed by atoms with van der Waals surface area (Å²) in [6.45, 7) is 0. The van der Waals surface area contributed by atoms with E-state index in [-0.39, 0.29) is 0 Å². The van der Waals surface area contributed by atoms with Crippen LogP contribution >= 0.6 is 0 Å². The van der Waals surface area contributed by atoms with E-state index in [2.05, 4.69) is 0 Å². The fourth-order valence-corrected chi connectivity index (χ4v) is 4.91. The molecule has 2 unspecified atom stereocenters. The number of halogens is 12. The molecule has 1 saturated carbocycles. The number of allylic oxidation sites excluding steroid dienone is 4. The van der Waals surface area contributed by atoms with Crippen molar-refractivity contribution in [2.75, 3.05) is 0 Å². The standard InChI is InChI=1S/C31H3F12N5/c1-2-8-20(32)26(38)17(27(39)21(8)33)9(3-44)14-15(10(4-45)18-28(40)22(34)12(6-47)23(35)29(18)41)16(14)11(5-46)19-30(42)24(36)13(7-48)25(37)31(19)43/h1,10,15H/b14-9?,16-11+. The first kappa shape index (κ1) is 34.2. The van der Waals surface area contributed by atoms with Gasteiger partial charge < -0.3 is 0 Å². The molecule has 0 saturated heterocycles. The van der Waals surface area contributed by atoms with Crippen molar-refractivity contribution in [1.29, 1.82) is 26.3 Å². The Morgan fingerprint density at radius 1 is 0.479 bits per heavy atom. The van der Waals surface area contributed by atoms with Gasteiger partial charge in [-0.05, 0) is 11.1 Å². The Hall–Kier alpha value is -6.69. The van der Waals surface area contributed by atoms with Crippen LogP contribution in [0.3, 0.4) is 0 Å². The molecule has 0 spiro atoms. The van der Waals surface area contributed by atoms with Gasteiger partial charge in [0.25, 0.3) is 0 Å². The molecule has 1 fully saturated rings. The molecule has 5 nitrogen and oxygen atoms in total. The topological polar surface area (TPSA) is 119 Å². The van der Waals surface area contributed by atoms with E-state index in [1.54, 1.807) is 0 Å². The average Bonchev–Trinajstić information content (AvgIpc) is 3.78. The van der Waals surface area contributed by atoms with Crippen molar-refractivity contribution in [2.45, 2.75) is 5.92 Å². The number of benzene rings is 3. The largest absolute Gasteiger partial charge is 0.203 e. The van der Waals surface area contributed by atoms with Crippen molar-refractivity contribution in [3.8, 4) is 42.7 Å². The lowest BCUT2D eigenvalue weighted by Crippen LogP contribution is -2.12. The minimum atomic E-state index is -2.82. The predicted molar refractivity (Wildman–Crippen MR) is 133 cm³/mol. The van der Waals surface area contributed by atoms with E-state index in [0.717, 1.165) is 30.3 Å². The van der Waals surface area contributed by atoms with Gasteiger partial charge in [0, 0.05) is 11.5 Å². The summed E-state index contributed by atoms with van der Waals surface area (Å²) in [7, 11) is 0. The summed E-state index contributed by atoms with van der Waals surface area (Å²) in [6.07, 6.45) is 4.83. The lowest BCUT2D eigenvalue weighted by molar-refractivity contribution is 0.429. The Morgan fingerprint density at radius 3 is 1.06 bits per heavy atom. The zero-order chi connectivity index (χ0) is 36.1. The predicted octanol–water partition coefficient (Wildman–Crippen LogP) is 7.27. The van der Waals surface area contributed by atoms with Crippen LogP contribution in [0.4, 0.5) is 52.7 Å². The number of nitrogens with zero attached hydrogens (tertiary/aromatic N) is 5. The molecule has 17 heteroatoms. The van der Waals surface area contributed by atoms with Gasteiger partial charge in [-0.1, -0.05) is 5.92 Å². The van der Waals surface area contributed by atoms with Crippen LogP contribution in [0.15, 0.2) is 11.1 Å². The zero-order valence-corrected chi connectivity index (χ0v) is 22.5. The van der Waals surface area contributed by atoms with Crippen LogP contribution in [0.2, 0.25) is 0 Å². The molecule has 4 rings (SSSR count). The molecular formula is C31H3F12N5. The van der Waals surface area contributed by atoms with E-state index in [1.807, 2.05) is 0 Å². The highest BCUT2D eigenvalue weighted by molar-refractivity contribution is 5.98. The van der Waals surface area contributed by atoms with Crippen molar-refractivity contribution < 1.29 is 52.7 Å². The van der Waals surface area contributed by atoms with Gasteiger partial charge in [0.15, 0.2) is 69.8 Å². The van der Waals surface area contributed by atoms with Gasteiger partial charge in [-0.25, -0.2) is 52.7 Å². The fourth-order valence-electron chi connectivity index (χ4n) is 4.91. The van der Waals surface area contributed by atoms with Gasteiger partial charge in [-0.15, -0.1) is 6.42 Å². The van der Waals surface area contributed by atoms with Crippen molar-refractivity contribution in [3.63, 3.8) is 0 Å². The number of hydrogen-bond donors (Lipinski definition) is 0. The van der Waals surface area contributed by atoms with Crippen molar-refractivity contribution in [1.82, 2.24) is 0 Å². The molecule has 0 bridgehead atoms. The molecule has 0 radical (unpaired) electrons. The smallest absolute Gasteiger partial charge is 0.180 e. The van der Waals surface area contributed by atoms with E-state index >= 15 is 26.3 Å². The van der Waals surface area contributed by atoms with E-state index < -0.39 is 137 Å². The Balaban J connectivity index is 2.27. The molecule has 236 valence electrons. The lowest BCUT2D eigenvalue weighted by atomic mass is 9.90. The van der Waals surface area contributed by atoms with Crippen LogP contribution < -0.4 is 0 Å². The van der Waals surface area contributed by atoms with Gasteiger partial charge in [-0.2, -0.15) is 26.3 Å². The highest BCUT2D eigenvalue weighted by Gasteiger charge is 2.53. The SMILES string of the molecule is C#Cc1c(F)c(F)c(C(C#N)=C2/C(=C(/C#N)c3c(F)c(F)c(C#N)c(F)c3F)C2C(C#N)c2c(F)c(F)c(C#N)c(F)c2F)c(F)c1F. The number of terminal acetylenes is 1. The first-order valence-electron chi connectivity index (χ1n) is 12.2. The van der Waals surface area contributed by atoms with Crippen LogP contribution in [0.5, 0.6) is 0 Å². The number of nitriles is 5. The Morgan fingerprint density at radius 2 is 0.792 bits per heavy atom. The molecule has 0 aliphatic heterocycles. The monoisotopic (exact) mass is 673 g/mol. The highest BCUT2D eigenvalue weighted by Crippen LogP contribution is 2.60. The second-order valence-corrected chi connectivity index (χ2v) is 9.31. The van der Waals surface area contributed by atoms with Crippen molar-refractivity contribution >= 4 is 11.1 Å². The van der Waals surface area contributed by atoms with Crippen LogP contribution in [0.25, 0.3) is 11.1 Å². The molecule has 1 aliphatic carbocycles. The summed E-state index contributed by atoms with van der Waals surface area (Å²) in [4.78, 5) is 0. The van der Waals surface area contributed by atoms with E-state index in [0.29, 0.717) is 0 Å². The van der Waals surface area contributed by atoms with Crippen molar-refractivity contribution in [3.05, 3.63) is 114 Å². The summed E-state index contributed by atoms with van der Waals surface area (Å²) in [5, 5.41) is 47.2. The lowest BCUT2D eigenvalue weighted by Gasteiger charge is -2.13. The molecule has 0 N–H and O–H groups in total. The first-order valence-corrected chi connectivity index (χ1v) is 12.2. The summed E-state index contributed by atoms with van der Waals surface area (Å²) in [5.74, 6) is -33.1. The van der Waals surface area contributed by atoms with Crippen LogP contribution in [-0.2, 0) is 0 Å². The third-order valence-corrected chi connectivity index (χ3v) is 7.07. The maximum absolute atomic E-state index is 15.1. The van der Waals surface area contributed by atoms with E-state index in [1.165, 1.54) is 5.92 Å². The summed E-state index contributed by atoms with van der Waals surface area (Å²) in [6, 6.07) is 4.69. The second-order valence-electron chi connectivity index (χ2n) is 9.31. The van der Waals surface area contributed by atoms with Crippen molar-refractivity contribution in [2.24, 2.45) is 5.92 Å². The quantitative estimate of drug-likeness (QED) is 0.125.